The summed E-state index contributed by atoms with van der Waals surface area (Å²) >= 11 is 0. The minimum Gasteiger partial charge on any atom is -0.550 e. The van der Waals surface area contributed by atoms with E-state index in [-0.39, 0.29) is 33.9 Å². The molecule has 3 N–H and O–H groups in total. The molecule has 0 aliphatic rings. The Kier molecular flexibility index (Phi) is 24.6. The average molecular weight is 323 g/mol. The lowest BCUT2D eigenvalue weighted by atomic mass is 10.2. The van der Waals surface area contributed by atoms with Crippen LogP contribution in [0.4, 0.5) is 0 Å². The van der Waals surface area contributed by atoms with Gasteiger partial charge in [-0.25, -0.2) is 4.79 Å². The molecule has 0 aromatic rings. The predicted molar refractivity (Wildman–Crippen MR) is 76.2 cm³/mol. The Labute approximate surface area is 131 Å². The van der Waals surface area contributed by atoms with Crippen LogP contribution in [0.25, 0.3) is 0 Å². The van der Waals surface area contributed by atoms with Crippen LogP contribution in [0.2, 0.25) is 0 Å². The number of aliphatic carboxylic acids is 3. The molecular formula is C14H27O8-. The highest BCUT2D eigenvalue weighted by molar-refractivity contribution is 5.67. The molecule has 0 aliphatic heterocycles. The zero-order valence-electron chi connectivity index (χ0n) is 12.7. The van der Waals surface area contributed by atoms with E-state index >= 15 is 0 Å². The molecule has 0 rings (SSSR count). The lowest BCUT2D eigenvalue weighted by molar-refractivity contribution is -0.307. The SMILES string of the molecule is O=C([O-])CCCCCO.O=C([O-])CCCCO.[CH2+]CC(=O)O.[HH]. The first kappa shape index (κ1) is 25.2. The van der Waals surface area contributed by atoms with E-state index < -0.39 is 17.9 Å². The molecule has 0 spiro atoms. The van der Waals surface area contributed by atoms with Crippen molar-refractivity contribution in [3.05, 3.63) is 6.92 Å². The third kappa shape index (κ3) is 42.9. The number of carboxylic acids is 3. The summed E-state index contributed by atoms with van der Waals surface area (Å²) in [5.41, 5.74) is 0. The van der Waals surface area contributed by atoms with Crippen molar-refractivity contribution < 1.29 is 41.3 Å². The van der Waals surface area contributed by atoms with Crippen molar-refractivity contribution in [1.82, 2.24) is 0 Å². The van der Waals surface area contributed by atoms with Crippen LogP contribution in [0.3, 0.4) is 0 Å². The Hall–Kier alpha value is -1.80. The summed E-state index contributed by atoms with van der Waals surface area (Å²) in [4.78, 5) is 28.8. The first-order valence-corrected chi connectivity index (χ1v) is 6.94. The van der Waals surface area contributed by atoms with Crippen molar-refractivity contribution in [3.63, 3.8) is 0 Å². The minimum absolute atomic E-state index is 0. The minimum atomic E-state index is -1.04. The van der Waals surface area contributed by atoms with Gasteiger partial charge in [0, 0.05) is 26.6 Å². The summed E-state index contributed by atoms with van der Waals surface area (Å²) in [6.07, 6.45) is 3.27. The highest BCUT2D eigenvalue weighted by Crippen LogP contribution is 1.96. The van der Waals surface area contributed by atoms with Gasteiger partial charge in [-0.3, -0.25) is 0 Å². The van der Waals surface area contributed by atoms with Gasteiger partial charge in [-0.15, -0.1) is 0 Å². The van der Waals surface area contributed by atoms with E-state index in [1.54, 1.807) is 0 Å². The summed E-state index contributed by atoms with van der Waals surface area (Å²) in [5, 5.41) is 43.6. The standard InChI is InChI=1S/C6H12O3.C5H10O3.C3H4O2.H2/c7-5-3-1-2-4-6(8)9;6-4-2-1-3-5(7)8;1-2-3(4)5;/h7H,1-5H2,(H,8,9);6H,1-4H2,(H,7,8);1-2H2;1H/p-1. The monoisotopic (exact) mass is 323 g/mol. The van der Waals surface area contributed by atoms with Gasteiger partial charge in [0.2, 0.25) is 0 Å². The highest BCUT2D eigenvalue weighted by atomic mass is 16.4. The molecule has 0 unspecified atom stereocenters. The lowest BCUT2D eigenvalue weighted by Crippen LogP contribution is -2.21. The van der Waals surface area contributed by atoms with Crippen LogP contribution in [0, 0.1) is 6.92 Å². The van der Waals surface area contributed by atoms with Gasteiger partial charge >= 0.3 is 5.97 Å². The molecule has 0 amide bonds. The summed E-state index contributed by atoms with van der Waals surface area (Å²) in [6.45, 7) is 3.29. The third-order valence-electron chi connectivity index (χ3n) is 2.04. The van der Waals surface area contributed by atoms with Gasteiger partial charge < -0.3 is 35.1 Å². The zero-order valence-corrected chi connectivity index (χ0v) is 12.7. The average Bonchev–Trinajstić information content (AvgIpc) is 2.45. The van der Waals surface area contributed by atoms with Crippen LogP contribution < -0.4 is 10.2 Å². The fourth-order valence-electron chi connectivity index (χ4n) is 0.939. The van der Waals surface area contributed by atoms with Crippen molar-refractivity contribution in [2.75, 3.05) is 13.2 Å². The summed E-state index contributed by atoms with van der Waals surface area (Å²) in [7, 11) is 0. The summed E-state index contributed by atoms with van der Waals surface area (Å²) in [6, 6.07) is 0. The van der Waals surface area contributed by atoms with Crippen molar-refractivity contribution >= 4 is 17.9 Å². The van der Waals surface area contributed by atoms with E-state index in [1.165, 1.54) is 0 Å². The number of aliphatic hydroxyl groups is 2. The number of carbonyl (C=O) groups is 3. The van der Waals surface area contributed by atoms with E-state index in [0.717, 1.165) is 6.42 Å². The second-order valence-corrected chi connectivity index (χ2v) is 4.10. The maximum Gasteiger partial charge on any atom is 0.348 e. The molecule has 0 fully saturated rings. The largest absolute Gasteiger partial charge is 0.550 e. The summed E-state index contributed by atoms with van der Waals surface area (Å²) < 4.78 is 0. The molecular weight excluding hydrogens is 296 g/mol. The Balaban J connectivity index is -0.000000120. The maximum absolute atomic E-state index is 9.79. The molecule has 0 heterocycles. The van der Waals surface area contributed by atoms with E-state index in [4.69, 9.17) is 15.3 Å². The Morgan fingerprint density at radius 1 is 0.818 bits per heavy atom. The van der Waals surface area contributed by atoms with Crippen LogP contribution in [-0.2, 0) is 14.4 Å². The van der Waals surface area contributed by atoms with E-state index in [1.807, 2.05) is 0 Å². The maximum atomic E-state index is 9.79. The van der Waals surface area contributed by atoms with Gasteiger partial charge in [0.1, 0.15) is 0 Å². The first-order valence-electron chi connectivity index (χ1n) is 6.94. The topological polar surface area (TPSA) is 158 Å². The van der Waals surface area contributed by atoms with Crippen LogP contribution in [0.15, 0.2) is 0 Å². The first-order chi connectivity index (χ1) is 10.3. The molecule has 0 radical (unpaired) electrons. The van der Waals surface area contributed by atoms with Crippen molar-refractivity contribution in [2.45, 2.75) is 51.4 Å². The van der Waals surface area contributed by atoms with Crippen molar-refractivity contribution in [3.8, 4) is 0 Å². The van der Waals surface area contributed by atoms with Gasteiger partial charge in [-0.2, -0.15) is 0 Å². The van der Waals surface area contributed by atoms with E-state index in [2.05, 4.69) is 6.92 Å². The molecule has 8 nitrogen and oxygen atoms in total. The molecule has 0 saturated heterocycles. The molecule has 0 aromatic carbocycles. The number of rotatable bonds is 10. The molecule has 132 valence electrons. The molecule has 0 bridgehead atoms. The Morgan fingerprint density at radius 2 is 1.14 bits per heavy atom. The molecule has 0 aliphatic carbocycles. The zero-order chi connectivity index (χ0) is 17.8. The Morgan fingerprint density at radius 3 is 1.41 bits per heavy atom. The molecule has 8 heteroatoms. The van der Waals surface area contributed by atoms with Crippen molar-refractivity contribution in [1.29, 1.82) is 0 Å². The number of carbonyl (C=O) groups excluding carboxylic acids is 2. The van der Waals surface area contributed by atoms with Gasteiger partial charge in [0.25, 0.3) is 0 Å². The van der Waals surface area contributed by atoms with E-state index in [9.17, 15) is 24.6 Å². The number of hydrogen-bond acceptors (Lipinski definition) is 7. The number of unbranched alkanes of at least 4 members (excludes halogenated alkanes) is 3. The van der Waals surface area contributed by atoms with Crippen LogP contribution in [0.5, 0.6) is 0 Å². The van der Waals surface area contributed by atoms with Gasteiger partial charge in [-0.1, -0.05) is 6.42 Å². The van der Waals surface area contributed by atoms with Crippen molar-refractivity contribution in [2.24, 2.45) is 0 Å². The second-order valence-electron chi connectivity index (χ2n) is 4.10. The smallest absolute Gasteiger partial charge is 0.348 e. The Bertz CT molecular complexity index is 284. The fraction of sp³-hybridized carbons (Fsp3) is 0.714. The molecule has 22 heavy (non-hydrogen) atoms. The summed E-state index contributed by atoms with van der Waals surface area (Å²) in [5.74, 6) is -2.91. The third-order valence-corrected chi connectivity index (χ3v) is 2.04. The predicted octanol–water partition coefficient (Wildman–Crippen LogP) is -1.27. The number of aliphatic hydroxyl groups excluding tert-OH is 2. The quantitative estimate of drug-likeness (QED) is 0.331. The van der Waals surface area contributed by atoms with Gasteiger partial charge in [0.15, 0.2) is 6.42 Å². The number of carboxylic acid groups (broad SMARTS) is 3. The highest BCUT2D eigenvalue weighted by Gasteiger charge is 1.88. The molecule has 0 atom stereocenters. The van der Waals surface area contributed by atoms with Crippen LogP contribution in [0.1, 0.15) is 52.8 Å². The van der Waals surface area contributed by atoms with Crippen LogP contribution in [-0.4, -0.2) is 46.4 Å². The van der Waals surface area contributed by atoms with Gasteiger partial charge in [0.05, 0.1) is 6.92 Å². The molecule has 0 saturated carbocycles. The van der Waals surface area contributed by atoms with Crippen LogP contribution >= 0.6 is 0 Å². The molecule has 0 aromatic heterocycles. The second kappa shape index (κ2) is 21.5. The van der Waals surface area contributed by atoms with E-state index in [0.29, 0.717) is 25.7 Å². The van der Waals surface area contributed by atoms with Gasteiger partial charge in [-0.05, 0) is 38.5 Å². The normalized spacial score (nSPS) is 8.82. The lowest BCUT2D eigenvalue weighted by Gasteiger charge is -1.98. The number of hydrogen-bond donors (Lipinski definition) is 3. The fourth-order valence-corrected chi connectivity index (χ4v) is 0.939.